The van der Waals surface area contributed by atoms with E-state index in [4.69, 9.17) is 9.47 Å². The zero-order valence-electron chi connectivity index (χ0n) is 14.8. The van der Waals surface area contributed by atoms with E-state index in [2.05, 4.69) is 16.6 Å². The molecule has 6 nitrogen and oxygen atoms in total. The molecule has 0 unspecified atom stereocenters. The molecule has 0 saturated carbocycles. The van der Waals surface area contributed by atoms with Crippen molar-refractivity contribution in [3.63, 3.8) is 0 Å². The van der Waals surface area contributed by atoms with Crippen LogP contribution < -0.4 is 14.2 Å². The van der Waals surface area contributed by atoms with E-state index in [1.54, 1.807) is 24.3 Å². The van der Waals surface area contributed by atoms with E-state index in [0.29, 0.717) is 5.88 Å². The largest absolute Gasteiger partial charge is 0.481 e. The number of ether oxygens (including phenoxy) is 2. The van der Waals surface area contributed by atoms with Crippen molar-refractivity contribution in [2.24, 2.45) is 0 Å². The van der Waals surface area contributed by atoms with E-state index in [1.807, 2.05) is 12.1 Å². The summed E-state index contributed by atoms with van der Waals surface area (Å²) >= 11 is 0. The maximum atomic E-state index is 12.6. The van der Waals surface area contributed by atoms with Crippen molar-refractivity contribution < 1.29 is 17.9 Å². The molecule has 0 fully saturated rings. The third-order valence-corrected chi connectivity index (χ3v) is 5.17. The van der Waals surface area contributed by atoms with Crippen molar-refractivity contribution in [3.05, 3.63) is 42.0 Å². The predicted octanol–water partition coefficient (Wildman–Crippen LogP) is 3.63. The molecule has 0 atom stereocenters. The first kappa shape index (κ1) is 19.1. The summed E-state index contributed by atoms with van der Waals surface area (Å²) in [5, 5.41) is 0. The Labute approximate surface area is 149 Å². The Morgan fingerprint density at radius 3 is 2.32 bits per heavy atom. The van der Waals surface area contributed by atoms with E-state index >= 15 is 0 Å². The molecule has 7 heteroatoms. The first-order chi connectivity index (χ1) is 12.0. The van der Waals surface area contributed by atoms with E-state index in [-0.39, 0.29) is 16.5 Å². The number of unbranched alkanes of at least 4 members (excludes halogenated alkanes) is 2. The smallest absolute Gasteiger partial charge is 0.262 e. The summed E-state index contributed by atoms with van der Waals surface area (Å²) in [6.07, 6.45) is 4.40. The molecule has 0 aliphatic carbocycles. The van der Waals surface area contributed by atoms with Crippen molar-refractivity contribution >= 4 is 15.7 Å². The van der Waals surface area contributed by atoms with E-state index in [1.165, 1.54) is 20.6 Å². The zero-order valence-corrected chi connectivity index (χ0v) is 15.6. The maximum absolute atomic E-state index is 12.6. The number of methoxy groups -OCH3 is 2. The Morgan fingerprint density at radius 1 is 1.00 bits per heavy atom. The highest BCUT2D eigenvalue weighted by Gasteiger charge is 2.17. The van der Waals surface area contributed by atoms with Gasteiger partial charge in [0, 0.05) is 6.07 Å². The summed E-state index contributed by atoms with van der Waals surface area (Å²) in [4.78, 5) is 4.27. The molecule has 25 heavy (non-hydrogen) atoms. The van der Waals surface area contributed by atoms with Gasteiger partial charge < -0.3 is 9.47 Å². The predicted molar refractivity (Wildman–Crippen MR) is 97.8 cm³/mol. The highest BCUT2D eigenvalue weighted by molar-refractivity contribution is 7.92. The van der Waals surface area contributed by atoms with E-state index in [9.17, 15) is 8.42 Å². The molecule has 2 aromatic rings. The number of aromatic nitrogens is 1. The van der Waals surface area contributed by atoms with Gasteiger partial charge in [0.1, 0.15) is 5.69 Å². The van der Waals surface area contributed by atoms with Crippen LogP contribution in [-0.4, -0.2) is 27.6 Å². The average Bonchev–Trinajstić information content (AvgIpc) is 2.62. The van der Waals surface area contributed by atoms with Crippen LogP contribution in [0.5, 0.6) is 11.8 Å². The van der Waals surface area contributed by atoms with Gasteiger partial charge in [0.15, 0.2) is 0 Å². The summed E-state index contributed by atoms with van der Waals surface area (Å²) in [6, 6.07) is 10.1. The minimum Gasteiger partial charge on any atom is -0.481 e. The van der Waals surface area contributed by atoms with Crippen LogP contribution in [0.4, 0.5) is 5.69 Å². The second kappa shape index (κ2) is 8.71. The lowest BCUT2D eigenvalue weighted by atomic mass is 10.1. The van der Waals surface area contributed by atoms with Gasteiger partial charge in [0.05, 0.1) is 19.1 Å². The van der Waals surface area contributed by atoms with Crippen molar-refractivity contribution in [2.45, 2.75) is 37.5 Å². The number of sulfonamides is 1. The maximum Gasteiger partial charge on any atom is 0.262 e. The molecule has 2 rings (SSSR count). The molecular weight excluding hydrogens is 340 g/mol. The molecule has 136 valence electrons. The summed E-state index contributed by atoms with van der Waals surface area (Å²) in [5.41, 5.74) is 1.39. The monoisotopic (exact) mass is 364 g/mol. The number of nitrogens with one attached hydrogen (secondary N) is 1. The second-order valence-electron chi connectivity index (χ2n) is 5.62. The Bertz CT molecular complexity index is 789. The first-order valence-corrected chi connectivity index (χ1v) is 9.69. The van der Waals surface area contributed by atoms with E-state index < -0.39 is 10.0 Å². The molecule has 1 aromatic carbocycles. The van der Waals surface area contributed by atoms with Gasteiger partial charge in [0.2, 0.25) is 11.8 Å². The molecule has 1 N–H and O–H groups in total. The van der Waals surface area contributed by atoms with Crippen molar-refractivity contribution in [1.29, 1.82) is 0 Å². The van der Waals surface area contributed by atoms with Crippen molar-refractivity contribution in [2.75, 3.05) is 18.9 Å². The van der Waals surface area contributed by atoms with Gasteiger partial charge >= 0.3 is 0 Å². The molecular formula is C18H24N2O4S. The lowest BCUT2D eigenvalue weighted by Crippen LogP contribution is -2.14. The quantitative estimate of drug-likeness (QED) is 0.688. The molecule has 0 radical (unpaired) electrons. The molecule has 0 saturated heterocycles. The van der Waals surface area contributed by atoms with Crippen LogP contribution in [0.1, 0.15) is 31.7 Å². The van der Waals surface area contributed by atoms with Crippen LogP contribution in [-0.2, 0) is 16.4 Å². The Hall–Kier alpha value is -2.28. The zero-order chi connectivity index (χ0) is 18.3. The number of nitrogens with zero attached hydrogens (tertiary/aromatic N) is 1. The fraction of sp³-hybridized carbons (Fsp3) is 0.389. The minimum atomic E-state index is -3.72. The Balaban J connectivity index is 2.16. The van der Waals surface area contributed by atoms with Crippen LogP contribution in [0.25, 0.3) is 0 Å². The number of anilines is 1. The highest BCUT2D eigenvalue weighted by atomic mass is 32.2. The van der Waals surface area contributed by atoms with Gasteiger partial charge in [-0.3, -0.25) is 4.72 Å². The number of pyridine rings is 1. The second-order valence-corrected chi connectivity index (χ2v) is 7.30. The van der Waals surface area contributed by atoms with Crippen LogP contribution in [0.3, 0.4) is 0 Å². The van der Waals surface area contributed by atoms with Crippen LogP contribution >= 0.6 is 0 Å². The van der Waals surface area contributed by atoms with E-state index in [0.717, 1.165) is 24.8 Å². The van der Waals surface area contributed by atoms with Gasteiger partial charge in [-0.15, -0.1) is 0 Å². The first-order valence-electron chi connectivity index (χ1n) is 8.21. The molecule has 0 bridgehead atoms. The highest BCUT2D eigenvalue weighted by Crippen LogP contribution is 2.27. The summed E-state index contributed by atoms with van der Waals surface area (Å²) in [6.45, 7) is 2.16. The fourth-order valence-electron chi connectivity index (χ4n) is 2.39. The minimum absolute atomic E-state index is 0.152. The summed E-state index contributed by atoms with van der Waals surface area (Å²) in [7, 11) is -0.817. The van der Waals surface area contributed by atoms with Crippen LogP contribution in [0.2, 0.25) is 0 Å². The van der Waals surface area contributed by atoms with Gasteiger partial charge in [0.25, 0.3) is 10.0 Å². The third-order valence-electron chi connectivity index (χ3n) is 3.78. The normalized spacial score (nSPS) is 11.2. The number of aryl methyl sites for hydroxylation is 1. The summed E-state index contributed by atoms with van der Waals surface area (Å²) < 4.78 is 37.8. The van der Waals surface area contributed by atoms with Gasteiger partial charge in [-0.2, -0.15) is 4.98 Å². The third kappa shape index (κ3) is 5.09. The van der Waals surface area contributed by atoms with Crippen molar-refractivity contribution in [3.8, 4) is 11.8 Å². The SMILES string of the molecule is CCCCCc1ccc(S(=O)(=O)Nc2ccc(OC)nc2OC)cc1. The molecule has 1 heterocycles. The molecule has 0 aliphatic heterocycles. The topological polar surface area (TPSA) is 77.5 Å². The molecule has 1 aromatic heterocycles. The number of hydrogen-bond acceptors (Lipinski definition) is 5. The lowest BCUT2D eigenvalue weighted by molar-refractivity contribution is 0.366. The number of hydrogen-bond donors (Lipinski definition) is 1. The average molecular weight is 364 g/mol. The lowest BCUT2D eigenvalue weighted by Gasteiger charge is -2.12. The molecule has 0 spiro atoms. The number of rotatable bonds is 9. The summed E-state index contributed by atoms with van der Waals surface area (Å²) in [5.74, 6) is 0.496. The number of benzene rings is 1. The van der Waals surface area contributed by atoms with Gasteiger partial charge in [-0.25, -0.2) is 8.42 Å². The van der Waals surface area contributed by atoms with Crippen LogP contribution in [0, 0.1) is 0 Å². The van der Waals surface area contributed by atoms with Gasteiger partial charge in [-0.05, 0) is 36.6 Å². The molecule has 0 amide bonds. The van der Waals surface area contributed by atoms with Crippen molar-refractivity contribution in [1.82, 2.24) is 4.98 Å². The Kier molecular flexibility index (Phi) is 6.64. The van der Waals surface area contributed by atoms with Crippen LogP contribution in [0.15, 0.2) is 41.3 Å². The fourth-order valence-corrected chi connectivity index (χ4v) is 3.45. The van der Waals surface area contributed by atoms with Gasteiger partial charge in [-0.1, -0.05) is 31.9 Å². The molecule has 0 aliphatic rings. The standard InChI is InChI=1S/C18H24N2O4S/c1-4-5-6-7-14-8-10-15(11-9-14)25(21,22)20-16-12-13-17(23-2)19-18(16)24-3/h8-13,20H,4-7H2,1-3H3. The Morgan fingerprint density at radius 2 is 1.72 bits per heavy atom.